The number of hydrogen-bond acceptors (Lipinski definition) is 4. The van der Waals surface area contributed by atoms with Crippen molar-refractivity contribution < 1.29 is 9.47 Å². The van der Waals surface area contributed by atoms with E-state index in [-0.39, 0.29) is 11.1 Å². The molecule has 1 atom stereocenters. The number of nitrogens with two attached hydrogens (primary N) is 2. The highest BCUT2D eigenvalue weighted by Gasteiger charge is 2.07. The van der Waals surface area contributed by atoms with Gasteiger partial charge in [0.2, 0.25) is 0 Å². The maximum absolute atomic E-state index is 5.73. The lowest BCUT2D eigenvalue weighted by Crippen LogP contribution is -2.19. The van der Waals surface area contributed by atoms with E-state index >= 15 is 0 Å². The highest BCUT2D eigenvalue weighted by atomic mass is 32.1. The van der Waals surface area contributed by atoms with Crippen molar-refractivity contribution in [1.29, 1.82) is 0 Å². The summed E-state index contributed by atoms with van der Waals surface area (Å²) in [6.45, 7) is 2.44. The van der Waals surface area contributed by atoms with E-state index in [9.17, 15) is 0 Å². The molecule has 1 rings (SSSR count). The van der Waals surface area contributed by atoms with Crippen LogP contribution in [0.3, 0.4) is 0 Å². The van der Waals surface area contributed by atoms with Crippen molar-refractivity contribution in [1.82, 2.24) is 0 Å². The molecule has 0 aliphatic heterocycles. The van der Waals surface area contributed by atoms with E-state index in [4.69, 9.17) is 33.2 Å². The van der Waals surface area contributed by atoms with Crippen molar-refractivity contribution in [2.45, 2.75) is 13.0 Å². The summed E-state index contributed by atoms with van der Waals surface area (Å²) in [5.41, 5.74) is 12.5. The van der Waals surface area contributed by atoms with Gasteiger partial charge in [0.15, 0.2) is 0 Å². The molecule has 1 unspecified atom stereocenters. The molecule has 16 heavy (non-hydrogen) atoms. The topological polar surface area (TPSA) is 70.5 Å². The average molecular weight is 240 g/mol. The lowest BCUT2D eigenvalue weighted by molar-refractivity contribution is 0.0921. The van der Waals surface area contributed by atoms with Gasteiger partial charge in [0.1, 0.15) is 16.8 Å². The predicted octanol–water partition coefficient (Wildman–Crippen LogP) is 1.32. The van der Waals surface area contributed by atoms with Crippen molar-refractivity contribution in [2.24, 2.45) is 5.73 Å². The van der Waals surface area contributed by atoms with Crippen LogP contribution in [0.5, 0.6) is 5.75 Å². The summed E-state index contributed by atoms with van der Waals surface area (Å²) >= 11 is 4.89. The van der Waals surface area contributed by atoms with Crippen molar-refractivity contribution >= 4 is 22.9 Å². The van der Waals surface area contributed by atoms with Crippen molar-refractivity contribution in [3.63, 3.8) is 0 Å². The van der Waals surface area contributed by atoms with Crippen LogP contribution in [0.25, 0.3) is 0 Å². The fourth-order valence-electron chi connectivity index (χ4n) is 1.32. The Morgan fingerprint density at radius 3 is 2.75 bits per heavy atom. The SMILES string of the molecule is COCC(C)Oc1ccc(N)c(C(N)=S)c1. The van der Waals surface area contributed by atoms with Gasteiger partial charge in [-0.05, 0) is 25.1 Å². The summed E-state index contributed by atoms with van der Waals surface area (Å²) in [5.74, 6) is 0.682. The molecule has 4 N–H and O–H groups in total. The van der Waals surface area contributed by atoms with Gasteiger partial charge in [-0.25, -0.2) is 0 Å². The fraction of sp³-hybridized carbons (Fsp3) is 0.364. The van der Waals surface area contributed by atoms with Crippen LogP contribution in [0, 0.1) is 0 Å². The smallest absolute Gasteiger partial charge is 0.120 e. The molecule has 0 bridgehead atoms. The summed E-state index contributed by atoms with van der Waals surface area (Å²) in [7, 11) is 1.63. The Bertz CT molecular complexity index is 382. The van der Waals surface area contributed by atoms with E-state index in [0.717, 1.165) is 0 Å². The first kappa shape index (κ1) is 12.7. The second kappa shape index (κ2) is 5.67. The second-order valence-corrected chi connectivity index (χ2v) is 3.94. The number of benzene rings is 1. The van der Waals surface area contributed by atoms with Crippen molar-refractivity contribution in [3.05, 3.63) is 23.8 Å². The monoisotopic (exact) mass is 240 g/mol. The van der Waals surface area contributed by atoms with Crippen LogP contribution in [0.1, 0.15) is 12.5 Å². The molecule has 0 aliphatic carbocycles. The number of ether oxygens (including phenoxy) is 2. The highest BCUT2D eigenvalue weighted by molar-refractivity contribution is 7.80. The van der Waals surface area contributed by atoms with Crippen LogP contribution >= 0.6 is 12.2 Å². The molecule has 1 aromatic rings. The minimum absolute atomic E-state index is 0.0344. The van der Waals surface area contributed by atoms with Gasteiger partial charge in [-0.15, -0.1) is 0 Å². The zero-order chi connectivity index (χ0) is 12.1. The largest absolute Gasteiger partial charge is 0.488 e. The van der Waals surface area contributed by atoms with Crippen LogP contribution in [0.4, 0.5) is 5.69 Å². The van der Waals surface area contributed by atoms with Gasteiger partial charge in [-0.3, -0.25) is 0 Å². The van der Waals surface area contributed by atoms with E-state index in [2.05, 4.69) is 0 Å². The van der Waals surface area contributed by atoms with Crippen LogP contribution in [-0.2, 0) is 4.74 Å². The number of thiocarbonyl (C=S) groups is 1. The number of methoxy groups -OCH3 is 1. The fourth-order valence-corrected chi connectivity index (χ4v) is 1.50. The zero-order valence-electron chi connectivity index (χ0n) is 9.40. The maximum Gasteiger partial charge on any atom is 0.120 e. The Balaban J connectivity index is 2.82. The Kier molecular flexibility index (Phi) is 4.52. The molecule has 0 radical (unpaired) electrons. The van der Waals surface area contributed by atoms with E-state index in [0.29, 0.717) is 23.6 Å². The molecular weight excluding hydrogens is 224 g/mol. The first-order valence-corrected chi connectivity index (χ1v) is 5.30. The Hall–Kier alpha value is -1.33. The van der Waals surface area contributed by atoms with E-state index < -0.39 is 0 Å². The number of hydrogen-bond donors (Lipinski definition) is 2. The molecule has 0 amide bonds. The van der Waals surface area contributed by atoms with Crippen molar-refractivity contribution in [2.75, 3.05) is 19.5 Å². The third-order valence-corrected chi connectivity index (χ3v) is 2.25. The molecule has 0 aliphatic rings. The molecule has 0 fully saturated rings. The summed E-state index contributed by atoms with van der Waals surface area (Å²) in [6.07, 6.45) is -0.0344. The highest BCUT2D eigenvalue weighted by Crippen LogP contribution is 2.20. The number of nitrogen functional groups attached to an aromatic ring is 1. The van der Waals surface area contributed by atoms with Gasteiger partial charge in [0, 0.05) is 18.4 Å². The molecule has 0 aromatic heterocycles. The van der Waals surface area contributed by atoms with Crippen LogP contribution in [0.15, 0.2) is 18.2 Å². The van der Waals surface area contributed by atoms with Gasteiger partial charge in [0.05, 0.1) is 6.61 Å². The molecular formula is C11H16N2O2S. The van der Waals surface area contributed by atoms with Gasteiger partial charge in [0.25, 0.3) is 0 Å². The first-order chi connectivity index (χ1) is 7.54. The van der Waals surface area contributed by atoms with E-state index in [1.54, 1.807) is 25.3 Å². The summed E-state index contributed by atoms with van der Waals surface area (Å²) in [6, 6.07) is 5.25. The minimum atomic E-state index is -0.0344. The van der Waals surface area contributed by atoms with E-state index in [1.807, 2.05) is 6.92 Å². The van der Waals surface area contributed by atoms with Crippen LogP contribution < -0.4 is 16.2 Å². The quantitative estimate of drug-likeness (QED) is 0.600. The third-order valence-electron chi connectivity index (χ3n) is 2.03. The minimum Gasteiger partial charge on any atom is -0.488 e. The van der Waals surface area contributed by atoms with Gasteiger partial charge in [-0.1, -0.05) is 12.2 Å². The van der Waals surface area contributed by atoms with Gasteiger partial charge >= 0.3 is 0 Å². The van der Waals surface area contributed by atoms with Gasteiger partial charge < -0.3 is 20.9 Å². The molecule has 0 saturated carbocycles. The molecule has 0 heterocycles. The first-order valence-electron chi connectivity index (χ1n) is 4.89. The van der Waals surface area contributed by atoms with E-state index in [1.165, 1.54) is 0 Å². The predicted molar refractivity (Wildman–Crippen MR) is 68.7 cm³/mol. The lowest BCUT2D eigenvalue weighted by atomic mass is 10.1. The maximum atomic E-state index is 5.73. The molecule has 5 heteroatoms. The lowest BCUT2D eigenvalue weighted by Gasteiger charge is -2.15. The molecule has 4 nitrogen and oxygen atoms in total. The Labute approximate surface area is 101 Å². The van der Waals surface area contributed by atoms with Crippen LogP contribution in [0.2, 0.25) is 0 Å². The molecule has 88 valence electrons. The van der Waals surface area contributed by atoms with Gasteiger partial charge in [-0.2, -0.15) is 0 Å². The normalized spacial score (nSPS) is 12.1. The Morgan fingerprint density at radius 2 is 2.19 bits per heavy atom. The standard InChI is InChI=1S/C11H16N2O2S/c1-7(6-14-2)15-8-3-4-10(12)9(5-8)11(13)16/h3-5,7H,6,12H2,1-2H3,(H2,13,16). The molecule has 0 saturated heterocycles. The van der Waals surface area contributed by atoms with Crippen molar-refractivity contribution in [3.8, 4) is 5.75 Å². The van der Waals surface area contributed by atoms with Crippen LogP contribution in [-0.4, -0.2) is 24.8 Å². The zero-order valence-corrected chi connectivity index (χ0v) is 10.2. The molecule has 1 aromatic carbocycles. The molecule has 0 spiro atoms. The summed E-state index contributed by atoms with van der Waals surface area (Å²) < 4.78 is 10.6. The second-order valence-electron chi connectivity index (χ2n) is 3.50. The number of anilines is 1. The summed E-state index contributed by atoms with van der Waals surface area (Å²) in [4.78, 5) is 0.266. The third kappa shape index (κ3) is 3.36. The average Bonchev–Trinajstić information content (AvgIpc) is 2.21. The summed E-state index contributed by atoms with van der Waals surface area (Å²) in [5, 5.41) is 0. The number of rotatable bonds is 5. The Morgan fingerprint density at radius 1 is 1.50 bits per heavy atom.